The summed E-state index contributed by atoms with van der Waals surface area (Å²) in [5.41, 5.74) is 2.12. The number of aryl methyl sites for hydroxylation is 3. The van der Waals surface area contributed by atoms with Crippen LogP contribution < -0.4 is 5.32 Å². The monoisotopic (exact) mass is 329 g/mol. The Bertz CT molecular complexity index is 924. The van der Waals surface area contributed by atoms with Crippen molar-refractivity contribution in [3.8, 4) is 0 Å². The lowest BCUT2D eigenvalue weighted by Crippen LogP contribution is -2.28. The normalized spacial score (nSPS) is 14.1. The maximum absolute atomic E-state index is 12.3. The quantitative estimate of drug-likeness (QED) is 0.801. The lowest BCUT2D eigenvalue weighted by molar-refractivity contribution is 0.0939. The molecule has 3 aromatic heterocycles. The number of carbonyl (C=O) groups excluding carboxylic acids is 1. The van der Waals surface area contributed by atoms with Gasteiger partial charge in [0.1, 0.15) is 10.7 Å². The van der Waals surface area contributed by atoms with Crippen LogP contribution in [0.4, 0.5) is 0 Å². The van der Waals surface area contributed by atoms with E-state index in [-0.39, 0.29) is 11.7 Å². The molecule has 3 heterocycles. The maximum atomic E-state index is 12.3. The average molecular weight is 329 g/mol. The molecule has 1 amide bonds. The number of nitrogens with one attached hydrogen (secondary N) is 1. The molecule has 0 aromatic carbocycles. The van der Waals surface area contributed by atoms with Gasteiger partial charge in [0, 0.05) is 11.4 Å². The van der Waals surface area contributed by atoms with Crippen molar-refractivity contribution < 1.29 is 4.79 Å². The smallest absolute Gasteiger partial charge is 0.291 e. The lowest BCUT2D eigenvalue weighted by atomic mass is 10.2. The van der Waals surface area contributed by atoms with Crippen LogP contribution >= 0.6 is 11.3 Å². The fourth-order valence-electron chi connectivity index (χ4n) is 3.07. The Morgan fingerprint density at radius 3 is 2.96 bits per heavy atom. The van der Waals surface area contributed by atoms with E-state index >= 15 is 0 Å². The van der Waals surface area contributed by atoms with Gasteiger partial charge in [0.05, 0.1) is 5.39 Å². The van der Waals surface area contributed by atoms with Crippen molar-refractivity contribution in [1.82, 2.24) is 24.9 Å². The molecule has 1 aliphatic rings. The van der Waals surface area contributed by atoms with Gasteiger partial charge in [-0.25, -0.2) is 9.97 Å². The summed E-state index contributed by atoms with van der Waals surface area (Å²) >= 11 is 1.75. The van der Waals surface area contributed by atoms with Crippen LogP contribution in [0.25, 0.3) is 15.9 Å². The third-order valence-corrected chi connectivity index (χ3v) is 5.36. The zero-order valence-corrected chi connectivity index (χ0v) is 14.3. The SMILES string of the molecule is Cc1nc2sc3c(c2c2nc(C(=O)NCC(C)C)nn12)CCC3. The molecule has 23 heavy (non-hydrogen) atoms. The topological polar surface area (TPSA) is 72.2 Å². The first-order valence-corrected chi connectivity index (χ1v) is 8.82. The number of aromatic nitrogens is 4. The van der Waals surface area contributed by atoms with Gasteiger partial charge in [-0.1, -0.05) is 13.8 Å². The molecule has 4 rings (SSSR count). The zero-order valence-electron chi connectivity index (χ0n) is 13.5. The van der Waals surface area contributed by atoms with Crippen molar-refractivity contribution in [3.63, 3.8) is 0 Å². The predicted molar refractivity (Wildman–Crippen MR) is 90.1 cm³/mol. The minimum atomic E-state index is -0.221. The highest BCUT2D eigenvalue weighted by atomic mass is 32.1. The van der Waals surface area contributed by atoms with Gasteiger partial charge >= 0.3 is 0 Å². The third kappa shape index (κ3) is 2.30. The molecule has 1 N–H and O–H groups in total. The molecular weight excluding hydrogens is 310 g/mol. The van der Waals surface area contributed by atoms with Crippen LogP contribution in [0.5, 0.6) is 0 Å². The molecule has 1 aliphatic carbocycles. The van der Waals surface area contributed by atoms with Crippen LogP contribution in [0, 0.1) is 12.8 Å². The summed E-state index contributed by atoms with van der Waals surface area (Å²) in [6, 6.07) is 0. The van der Waals surface area contributed by atoms with Gasteiger partial charge < -0.3 is 5.32 Å². The molecule has 0 radical (unpaired) electrons. The van der Waals surface area contributed by atoms with E-state index < -0.39 is 0 Å². The van der Waals surface area contributed by atoms with E-state index in [2.05, 4.69) is 34.2 Å². The summed E-state index contributed by atoms with van der Waals surface area (Å²) in [4.78, 5) is 23.9. The van der Waals surface area contributed by atoms with Crippen LogP contribution in [0.3, 0.4) is 0 Å². The van der Waals surface area contributed by atoms with Gasteiger partial charge in [-0.15, -0.1) is 16.4 Å². The molecule has 0 bridgehead atoms. The van der Waals surface area contributed by atoms with E-state index in [1.54, 1.807) is 15.9 Å². The maximum Gasteiger partial charge on any atom is 0.291 e. The molecule has 7 heteroatoms. The fourth-order valence-corrected chi connectivity index (χ4v) is 4.37. The van der Waals surface area contributed by atoms with E-state index in [9.17, 15) is 4.79 Å². The Balaban J connectivity index is 1.85. The van der Waals surface area contributed by atoms with E-state index in [4.69, 9.17) is 0 Å². The second kappa shape index (κ2) is 5.26. The zero-order chi connectivity index (χ0) is 16.1. The largest absolute Gasteiger partial charge is 0.349 e. The van der Waals surface area contributed by atoms with Gasteiger partial charge in [-0.2, -0.15) is 4.52 Å². The Kier molecular flexibility index (Phi) is 3.33. The second-order valence-electron chi connectivity index (χ2n) is 6.47. The molecule has 3 aromatic rings. The Morgan fingerprint density at radius 1 is 1.35 bits per heavy atom. The molecular formula is C16H19N5OS. The standard InChI is InChI=1S/C16H19N5OS/c1-8(2)7-17-15(22)13-19-14-12-10-5-4-6-11(10)23-16(12)18-9(3)21(14)20-13/h8H,4-7H2,1-3H3,(H,17,22). The van der Waals surface area contributed by atoms with Crippen LogP contribution in [0.1, 0.15) is 47.2 Å². The van der Waals surface area contributed by atoms with E-state index in [1.165, 1.54) is 16.9 Å². The van der Waals surface area contributed by atoms with Crippen LogP contribution in [-0.2, 0) is 12.8 Å². The molecule has 120 valence electrons. The lowest BCUT2D eigenvalue weighted by Gasteiger charge is -2.04. The number of amides is 1. The summed E-state index contributed by atoms with van der Waals surface area (Å²) in [5, 5.41) is 8.35. The number of fused-ring (bicyclic) bond motifs is 5. The number of hydrogen-bond donors (Lipinski definition) is 1. The summed E-state index contributed by atoms with van der Waals surface area (Å²) in [6.07, 6.45) is 3.38. The Labute approximate surface area is 137 Å². The molecule has 0 saturated carbocycles. The molecule has 0 aliphatic heterocycles. The van der Waals surface area contributed by atoms with Gasteiger partial charge in [0.25, 0.3) is 5.91 Å². The summed E-state index contributed by atoms with van der Waals surface area (Å²) in [7, 11) is 0. The minimum absolute atomic E-state index is 0.221. The van der Waals surface area contributed by atoms with Gasteiger partial charge in [0.15, 0.2) is 5.65 Å². The molecule has 0 fully saturated rings. The first kappa shape index (κ1) is 14.6. The second-order valence-corrected chi connectivity index (χ2v) is 7.55. The number of hydrogen-bond acceptors (Lipinski definition) is 5. The van der Waals surface area contributed by atoms with Crippen molar-refractivity contribution in [3.05, 3.63) is 22.1 Å². The molecule has 0 unspecified atom stereocenters. The first-order chi connectivity index (χ1) is 11.0. The third-order valence-electron chi connectivity index (χ3n) is 4.18. The van der Waals surface area contributed by atoms with Crippen molar-refractivity contribution >= 4 is 33.1 Å². The van der Waals surface area contributed by atoms with Gasteiger partial charge in [-0.3, -0.25) is 4.79 Å². The average Bonchev–Trinajstić information content (AvgIpc) is 3.17. The number of thiophene rings is 1. The molecule has 0 atom stereocenters. The molecule has 6 nitrogen and oxygen atoms in total. The van der Waals surface area contributed by atoms with Crippen molar-refractivity contribution in [2.24, 2.45) is 5.92 Å². The highest BCUT2D eigenvalue weighted by Gasteiger charge is 2.24. The van der Waals surface area contributed by atoms with Crippen molar-refractivity contribution in [1.29, 1.82) is 0 Å². The summed E-state index contributed by atoms with van der Waals surface area (Å²) < 4.78 is 1.71. The summed E-state index contributed by atoms with van der Waals surface area (Å²) in [6.45, 7) is 6.64. The molecule has 0 saturated heterocycles. The van der Waals surface area contributed by atoms with Crippen molar-refractivity contribution in [2.45, 2.75) is 40.0 Å². The first-order valence-electron chi connectivity index (χ1n) is 8.00. The van der Waals surface area contributed by atoms with Crippen LogP contribution in [0.2, 0.25) is 0 Å². The Morgan fingerprint density at radius 2 is 2.17 bits per heavy atom. The van der Waals surface area contributed by atoms with Crippen LogP contribution in [-0.4, -0.2) is 32.0 Å². The van der Waals surface area contributed by atoms with Crippen molar-refractivity contribution in [2.75, 3.05) is 6.54 Å². The Hall–Kier alpha value is -2.02. The number of carbonyl (C=O) groups is 1. The van der Waals surface area contributed by atoms with Gasteiger partial charge in [-0.05, 0) is 37.7 Å². The highest BCUT2D eigenvalue weighted by molar-refractivity contribution is 7.19. The van der Waals surface area contributed by atoms with E-state index in [0.29, 0.717) is 12.5 Å². The summed E-state index contributed by atoms with van der Waals surface area (Å²) in [5.74, 6) is 1.16. The minimum Gasteiger partial charge on any atom is -0.349 e. The van der Waals surface area contributed by atoms with Gasteiger partial charge in [0.2, 0.25) is 5.82 Å². The van der Waals surface area contributed by atoms with E-state index in [0.717, 1.165) is 34.5 Å². The molecule has 0 spiro atoms. The predicted octanol–water partition coefficient (Wildman–Crippen LogP) is 2.52. The fraction of sp³-hybridized carbons (Fsp3) is 0.500. The van der Waals surface area contributed by atoms with Crippen LogP contribution in [0.15, 0.2) is 0 Å². The number of rotatable bonds is 3. The number of nitrogens with zero attached hydrogens (tertiary/aromatic N) is 4. The highest BCUT2D eigenvalue weighted by Crippen LogP contribution is 2.38. The van der Waals surface area contributed by atoms with E-state index in [1.807, 2.05) is 6.92 Å².